The SMILES string of the molecule is CC1=CCN(CC(CN)C(=O)Nc2ccc3cnccc3c2)CC1. The molecule has 0 radical (unpaired) electrons. The molecule has 0 saturated heterocycles. The largest absolute Gasteiger partial charge is 0.330 e. The molecule has 2 heterocycles. The van der Waals surface area contributed by atoms with Crippen molar-refractivity contribution in [1.29, 1.82) is 0 Å². The van der Waals surface area contributed by atoms with E-state index in [9.17, 15) is 4.79 Å². The molecule has 5 nitrogen and oxygen atoms in total. The summed E-state index contributed by atoms with van der Waals surface area (Å²) in [6, 6.07) is 7.78. The van der Waals surface area contributed by atoms with Crippen molar-refractivity contribution in [3.05, 3.63) is 48.3 Å². The van der Waals surface area contributed by atoms with E-state index < -0.39 is 0 Å². The molecule has 1 amide bonds. The van der Waals surface area contributed by atoms with E-state index in [1.165, 1.54) is 5.57 Å². The molecule has 126 valence electrons. The van der Waals surface area contributed by atoms with Gasteiger partial charge in [0.25, 0.3) is 0 Å². The summed E-state index contributed by atoms with van der Waals surface area (Å²) >= 11 is 0. The third-order valence-electron chi connectivity index (χ3n) is 4.56. The lowest BCUT2D eigenvalue weighted by Gasteiger charge is -2.28. The lowest BCUT2D eigenvalue weighted by molar-refractivity contribution is -0.120. The van der Waals surface area contributed by atoms with E-state index in [-0.39, 0.29) is 11.8 Å². The minimum Gasteiger partial charge on any atom is -0.330 e. The van der Waals surface area contributed by atoms with Crippen molar-refractivity contribution >= 4 is 22.4 Å². The fourth-order valence-corrected chi connectivity index (χ4v) is 2.96. The molecule has 1 aliphatic heterocycles. The lowest BCUT2D eigenvalue weighted by Crippen LogP contribution is -2.41. The van der Waals surface area contributed by atoms with Gasteiger partial charge in [0.1, 0.15) is 0 Å². The molecule has 3 rings (SSSR count). The summed E-state index contributed by atoms with van der Waals surface area (Å²) in [6.07, 6.45) is 6.86. The summed E-state index contributed by atoms with van der Waals surface area (Å²) < 4.78 is 0. The number of carbonyl (C=O) groups is 1. The van der Waals surface area contributed by atoms with Gasteiger partial charge in [0, 0.05) is 49.6 Å². The van der Waals surface area contributed by atoms with Crippen molar-refractivity contribution < 1.29 is 4.79 Å². The number of nitrogens with two attached hydrogens (primary N) is 1. The molecule has 2 aromatic rings. The fourth-order valence-electron chi connectivity index (χ4n) is 2.96. The molecule has 0 fully saturated rings. The van der Waals surface area contributed by atoms with Crippen LogP contribution in [0.4, 0.5) is 5.69 Å². The van der Waals surface area contributed by atoms with E-state index >= 15 is 0 Å². The van der Waals surface area contributed by atoms with Gasteiger partial charge in [0.15, 0.2) is 0 Å². The first-order chi connectivity index (χ1) is 11.7. The Hall–Kier alpha value is -2.24. The van der Waals surface area contributed by atoms with E-state index in [2.05, 4.69) is 28.2 Å². The number of pyridine rings is 1. The Bertz CT molecular complexity index is 756. The zero-order chi connectivity index (χ0) is 16.9. The first-order valence-electron chi connectivity index (χ1n) is 8.38. The second-order valence-corrected chi connectivity index (χ2v) is 6.42. The Balaban J connectivity index is 1.65. The maximum Gasteiger partial charge on any atom is 0.230 e. The number of amides is 1. The zero-order valence-corrected chi connectivity index (χ0v) is 14.0. The molecule has 0 saturated carbocycles. The van der Waals surface area contributed by atoms with Gasteiger partial charge in [-0.25, -0.2) is 0 Å². The van der Waals surface area contributed by atoms with Crippen molar-refractivity contribution in [1.82, 2.24) is 9.88 Å². The van der Waals surface area contributed by atoms with Crippen LogP contribution >= 0.6 is 0 Å². The van der Waals surface area contributed by atoms with Crippen LogP contribution in [0.1, 0.15) is 13.3 Å². The van der Waals surface area contributed by atoms with E-state index in [0.717, 1.165) is 36.0 Å². The van der Waals surface area contributed by atoms with Crippen LogP contribution in [0.2, 0.25) is 0 Å². The number of hydrogen-bond donors (Lipinski definition) is 2. The van der Waals surface area contributed by atoms with Crippen LogP contribution in [0.3, 0.4) is 0 Å². The van der Waals surface area contributed by atoms with E-state index in [1.54, 1.807) is 6.20 Å². The van der Waals surface area contributed by atoms with Crippen LogP contribution < -0.4 is 11.1 Å². The van der Waals surface area contributed by atoms with Gasteiger partial charge in [-0.2, -0.15) is 0 Å². The second-order valence-electron chi connectivity index (χ2n) is 6.42. The second kappa shape index (κ2) is 7.55. The molecule has 1 aromatic heterocycles. The van der Waals surface area contributed by atoms with Gasteiger partial charge in [-0.3, -0.25) is 14.7 Å². The lowest BCUT2D eigenvalue weighted by atomic mass is 10.0. The van der Waals surface area contributed by atoms with Gasteiger partial charge in [0.05, 0.1) is 5.92 Å². The monoisotopic (exact) mass is 324 g/mol. The number of anilines is 1. The molecule has 24 heavy (non-hydrogen) atoms. The fraction of sp³-hybridized carbons (Fsp3) is 0.368. The number of rotatable bonds is 5. The standard InChI is InChI=1S/C19H24N4O/c1-14-5-8-23(9-6-14)13-17(11-20)19(24)22-18-3-2-16-12-21-7-4-15(16)10-18/h2-5,7,10,12,17H,6,8-9,11,13,20H2,1H3,(H,22,24). The Morgan fingerprint density at radius 2 is 2.25 bits per heavy atom. The summed E-state index contributed by atoms with van der Waals surface area (Å²) in [4.78, 5) is 19.0. The van der Waals surface area contributed by atoms with Crippen LogP contribution in [-0.2, 0) is 4.79 Å². The molecule has 1 unspecified atom stereocenters. The molecular formula is C19H24N4O. The molecule has 3 N–H and O–H groups in total. The number of hydrogen-bond acceptors (Lipinski definition) is 4. The average molecular weight is 324 g/mol. The number of aromatic nitrogens is 1. The van der Waals surface area contributed by atoms with Crippen molar-refractivity contribution in [3.63, 3.8) is 0 Å². The van der Waals surface area contributed by atoms with Crippen LogP contribution in [0.15, 0.2) is 48.3 Å². The molecular weight excluding hydrogens is 300 g/mol. The minimum absolute atomic E-state index is 0.0165. The summed E-state index contributed by atoms with van der Waals surface area (Å²) in [5, 5.41) is 5.12. The molecule has 5 heteroatoms. The molecule has 0 aliphatic carbocycles. The average Bonchev–Trinajstić information content (AvgIpc) is 2.61. The summed E-state index contributed by atoms with van der Waals surface area (Å²) in [5.41, 5.74) is 8.07. The first-order valence-corrected chi connectivity index (χ1v) is 8.38. The van der Waals surface area contributed by atoms with Crippen molar-refractivity contribution in [2.75, 3.05) is 31.5 Å². The highest BCUT2D eigenvalue weighted by molar-refractivity contribution is 5.95. The Labute approximate surface area is 142 Å². The summed E-state index contributed by atoms with van der Waals surface area (Å²) in [6.45, 7) is 5.10. The van der Waals surface area contributed by atoms with Gasteiger partial charge in [0.2, 0.25) is 5.91 Å². The van der Waals surface area contributed by atoms with Gasteiger partial charge in [-0.15, -0.1) is 0 Å². The van der Waals surface area contributed by atoms with Crippen molar-refractivity contribution in [2.24, 2.45) is 11.7 Å². The number of benzene rings is 1. The topological polar surface area (TPSA) is 71.2 Å². The van der Waals surface area contributed by atoms with E-state index in [1.807, 2.05) is 30.5 Å². The van der Waals surface area contributed by atoms with Gasteiger partial charge >= 0.3 is 0 Å². The highest BCUT2D eigenvalue weighted by Crippen LogP contribution is 2.19. The van der Waals surface area contributed by atoms with Crippen LogP contribution in [0.25, 0.3) is 10.8 Å². The Kier molecular flexibility index (Phi) is 5.23. The Morgan fingerprint density at radius 3 is 3.00 bits per heavy atom. The van der Waals surface area contributed by atoms with Crippen LogP contribution in [0.5, 0.6) is 0 Å². The van der Waals surface area contributed by atoms with Gasteiger partial charge in [-0.1, -0.05) is 17.7 Å². The van der Waals surface area contributed by atoms with Gasteiger partial charge < -0.3 is 11.1 Å². The predicted octanol–water partition coefficient (Wildman–Crippen LogP) is 2.40. The third kappa shape index (κ3) is 3.99. The third-order valence-corrected chi connectivity index (χ3v) is 4.56. The maximum absolute atomic E-state index is 12.6. The van der Waals surface area contributed by atoms with E-state index in [4.69, 9.17) is 5.73 Å². The van der Waals surface area contributed by atoms with Crippen molar-refractivity contribution in [2.45, 2.75) is 13.3 Å². The van der Waals surface area contributed by atoms with Crippen LogP contribution in [0, 0.1) is 5.92 Å². The molecule has 1 aromatic carbocycles. The van der Waals surface area contributed by atoms with Crippen molar-refractivity contribution in [3.8, 4) is 0 Å². The summed E-state index contributed by atoms with van der Waals surface area (Å²) in [7, 11) is 0. The Morgan fingerprint density at radius 1 is 1.38 bits per heavy atom. The summed E-state index contributed by atoms with van der Waals surface area (Å²) in [5.74, 6) is -0.220. The number of carbonyl (C=O) groups excluding carboxylic acids is 1. The number of fused-ring (bicyclic) bond motifs is 1. The van der Waals surface area contributed by atoms with Crippen LogP contribution in [-0.4, -0.2) is 42.0 Å². The highest BCUT2D eigenvalue weighted by Gasteiger charge is 2.21. The molecule has 0 bridgehead atoms. The molecule has 0 spiro atoms. The quantitative estimate of drug-likeness (QED) is 0.829. The smallest absolute Gasteiger partial charge is 0.230 e. The van der Waals surface area contributed by atoms with Gasteiger partial charge in [-0.05, 0) is 36.9 Å². The highest BCUT2D eigenvalue weighted by atomic mass is 16.1. The number of nitrogens with one attached hydrogen (secondary N) is 1. The van der Waals surface area contributed by atoms with E-state index in [0.29, 0.717) is 13.1 Å². The number of nitrogens with zero attached hydrogens (tertiary/aromatic N) is 2. The molecule has 1 aliphatic rings. The maximum atomic E-state index is 12.6. The first kappa shape index (κ1) is 16.6. The zero-order valence-electron chi connectivity index (χ0n) is 14.0. The predicted molar refractivity (Wildman–Crippen MR) is 97.7 cm³/mol. The minimum atomic E-state index is -0.204. The molecule has 1 atom stereocenters. The normalized spacial score (nSPS) is 16.7.